The second-order valence-corrected chi connectivity index (χ2v) is 7.34. The van der Waals surface area contributed by atoms with Crippen molar-refractivity contribution in [1.29, 1.82) is 0 Å². The third kappa shape index (κ3) is 5.28. The first-order valence-electron chi connectivity index (χ1n) is 9.37. The van der Waals surface area contributed by atoms with Crippen LogP contribution in [0.1, 0.15) is 12.0 Å². The topological polar surface area (TPSA) is 18.5 Å². The summed E-state index contributed by atoms with van der Waals surface area (Å²) in [4.78, 5) is 4.38. The van der Waals surface area contributed by atoms with E-state index in [1.807, 2.05) is 6.07 Å². The Morgan fingerprint density at radius 1 is 0.889 bits per heavy atom. The quantitative estimate of drug-likeness (QED) is 0.476. The number of para-hydroxylation sites is 1. The minimum atomic E-state index is 0.741. The summed E-state index contributed by atoms with van der Waals surface area (Å²) in [5, 5.41) is 6.74. The highest BCUT2D eigenvalue weighted by molar-refractivity contribution is 7.80. The van der Waals surface area contributed by atoms with E-state index in [1.54, 1.807) is 0 Å². The van der Waals surface area contributed by atoms with Crippen LogP contribution in [-0.2, 0) is 6.54 Å². The number of benzene rings is 3. The molecule has 0 unspecified atom stereocenters. The molecule has 0 spiro atoms. The maximum absolute atomic E-state index is 5.76. The molecule has 0 saturated carbocycles. The normalized spacial score (nSPS) is 10.9. The van der Waals surface area contributed by atoms with E-state index in [2.05, 4.69) is 95.9 Å². The fourth-order valence-electron chi connectivity index (χ4n) is 3.18. The minimum absolute atomic E-state index is 0.741. The molecule has 1 N–H and O–H groups in total. The second-order valence-electron chi connectivity index (χ2n) is 6.95. The van der Waals surface area contributed by atoms with Gasteiger partial charge in [-0.25, -0.2) is 0 Å². The molecule has 140 valence electrons. The average molecular weight is 378 g/mol. The zero-order valence-corrected chi connectivity index (χ0v) is 16.9. The van der Waals surface area contributed by atoms with Crippen LogP contribution in [0.15, 0.2) is 72.8 Å². The van der Waals surface area contributed by atoms with Crippen molar-refractivity contribution in [3.63, 3.8) is 0 Å². The molecule has 3 aromatic carbocycles. The highest BCUT2D eigenvalue weighted by Crippen LogP contribution is 2.23. The Kier molecular flexibility index (Phi) is 6.80. The molecular weight excluding hydrogens is 350 g/mol. The van der Waals surface area contributed by atoms with Gasteiger partial charge in [-0.2, -0.15) is 0 Å². The first kappa shape index (κ1) is 19.3. The highest BCUT2D eigenvalue weighted by Gasteiger charge is 2.14. The summed E-state index contributed by atoms with van der Waals surface area (Å²) in [5.41, 5.74) is 2.38. The average Bonchev–Trinajstić information content (AvgIpc) is 2.70. The second kappa shape index (κ2) is 9.49. The van der Waals surface area contributed by atoms with E-state index in [0.29, 0.717) is 0 Å². The van der Waals surface area contributed by atoms with Crippen molar-refractivity contribution in [2.24, 2.45) is 0 Å². The van der Waals surface area contributed by atoms with Crippen LogP contribution in [0.25, 0.3) is 10.8 Å². The molecule has 27 heavy (non-hydrogen) atoms. The number of thiocarbonyl (C=S) groups is 1. The summed E-state index contributed by atoms with van der Waals surface area (Å²) in [6, 6.07) is 25.3. The van der Waals surface area contributed by atoms with Gasteiger partial charge in [-0.05, 0) is 67.7 Å². The van der Waals surface area contributed by atoms with Gasteiger partial charge in [0, 0.05) is 12.2 Å². The lowest BCUT2D eigenvalue weighted by molar-refractivity contribution is 0.400. The number of fused-ring (bicyclic) bond motifs is 1. The largest absolute Gasteiger partial charge is 0.362 e. The Bertz CT molecular complexity index is 872. The van der Waals surface area contributed by atoms with Gasteiger partial charge in [0.25, 0.3) is 0 Å². The number of nitrogens with zero attached hydrogens (tertiary/aromatic N) is 2. The monoisotopic (exact) mass is 377 g/mol. The number of rotatable bonds is 7. The maximum Gasteiger partial charge on any atom is 0.173 e. The van der Waals surface area contributed by atoms with Crippen molar-refractivity contribution >= 4 is 33.8 Å². The summed E-state index contributed by atoms with van der Waals surface area (Å²) in [6.07, 6.45) is 1.06. The van der Waals surface area contributed by atoms with Crippen molar-refractivity contribution in [3.8, 4) is 0 Å². The Hall–Kier alpha value is -2.43. The number of hydrogen-bond acceptors (Lipinski definition) is 2. The molecule has 0 radical (unpaired) electrons. The molecule has 0 amide bonds. The van der Waals surface area contributed by atoms with Crippen molar-refractivity contribution in [1.82, 2.24) is 10.2 Å². The van der Waals surface area contributed by atoms with Gasteiger partial charge in [-0.3, -0.25) is 0 Å². The molecule has 0 aliphatic carbocycles. The van der Waals surface area contributed by atoms with E-state index >= 15 is 0 Å². The van der Waals surface area contributed by atoms with Crippen molar-refractivity contribution in [3.05, 3.63) is 78.4 Å². The molecule has 0 aromatic heterocycles. The summed E-state index contributed by atoms with van der Waals surface area (Å²) >= 11 is 5.76. The predicted octanol–water partition coefficient (Wildman–Crippen LogP) is 4.67. The molecular formula is C23H27N3S. The molecule has 0 heterocycles. The maximum atomic E-state index is 5.76. The third-order valence-electron chi connectivity index (χ3n) is 4.58. The van der Waals surface area contributed by atoms with Gasteiger partial charge >= 0.3 is 0 Å². The van der Waals surface area contributed by atoms with E-state index in [-0.39, 0.29) is 0 Å². The van der Waals surface area contributed by atoms with E-state index in [0.717, 1.165) is 36.9 Å². The SMILES string of the molecule is CN(C)CCCNC(=S)N(Cc1cccc2ccccc12)c1ccccc1. The zero-order chi connectivity index (χ0) is 19.1. The summed E-state index contributed by atoms with van der Waals surface area (Å²) in [5.74, 6) is 0. The van der Waals surface area contributed by atoms with Crippen molar-refractivity contribution in [2.75, 3.05) is 32.1 Å². The molecule has 4 heteroatoms. The fraction of sp³-hybridized carbons (Fsp3) is 0.261. The van der Waals surface area contributed by atoms with Gasteiger partial charge in [0.2, 0.25) is 0 Å². The van der Waals surface area contributed by atoms with Gasteiger partial charge in [0.15, 0.2) is 5.11 Å². The molecule has 3 nitrogen and oxygen atoms in total. The van der Waals surface area contributed by atoms with Crippen LogP contribution < -0.4 is 10.2 Å². The Morgan fingerprint density at radius 2 is 1.59 bits per heavy atom. The molecule has 3 rings (SSSR count). The smallest absolute Gasteiger partial charge is 0.173 e. The van der Waals surface area contributed by atoms with Crippen LogP contribution in [0.5, 0.6) is 0 Å². The lowest BCUT2D eigenvalue weighted by Crippen LogP contribution is -2.40. The predicted molar refractivity (Wildman–Crippen MR) is 120 cm³/mol. The zero-order valence-electron chi connectivity index (χ0n) is 16.1. The van der Waals surface area contributed by atoms with Crippen molar-refractivity contribution in [2.45, 2.75) is 13.0 Å². The van der Waals surface area contributed by atoms with Gasteiger partial charge in [-0.1, -0.05) is 60.7 Å². The van der Waals surface area contributed by atoms with Gasteiger partial charge in [0.05, 0.1) is 6.54 Å². The summed E-state index contributed by atoms with van der Waals surface area (Å²) in [7, 11) is 4.18. The number of anilines is 1. The number of nitrogens with one attached hydrogen (secondary N) is 1. The van der Waals surface area contributed by atoms with E-state index in [4.69, 9.17) is 12.2 Å². The Labute approximate surface area is 167 Å². The molecule has 0 aliphatic heterocycles. The van der Waals surface area contributed by atoms with E-state index in [1.165, 1.54) is 16.3 Å². The van der Waals surface area contributed by atoms with Crippen LogP contribution in [0.4, 0.5) is 5.69 Å². The van der Waals surface area contributed by atoms with Crippen molar-refractivity contribution < 1.29 is 0 Å². The first-order chi connectivity index (χ1) is 13.1. The van der Waals surface area contributed by atoms with Crippen LogP contribution in [0.3, 0.4) is 0 Å². The van der Waals surface area contributed by atoms with E-state index in [9.17, 15) is 0 Å². The van der Waals surface area contributed by atoms with Crippen LogP contribution >= 0.6 is 12.2 Å². The van der Waals surface area contributed by atoms with E-state index < -0.39 is 0 Å². The minimum Gasteiger partial charge on any atom is -0.362 e. The Morgan fingerprint density at radius 3 is 2.37 bits per heavy atom. The van der Waals surface area contributed by atoms with Gasteiger partial charge in [-0.15, -0.1) is 0 Å². The molecule has 0 bridgehead atoms. The molecule has 3 aromatic rings. The lowest BCUT2D eigenvalue weighted by Gasteiger charge is -2.27. The van der Waals surface area contributed by atoms with Crippen LogP contribution in [0.2, 0.25) is 0 Å². The fourth-order valence-corrected chi connectivity index (χ4v) is 3.45. The lowest BCUT2D eigenvalue weighted by atomic mass is 10.0. The highest BCUT2D eigenvalue weighted by atomic mass is 32.1. The summed E-state index contributed by atoms with van der Waals surface area (Å²) < 4.78 is 0. The molecule has 0 aliphatic rings. The summed E-state index contributed by atoms with van der Waals surface area (Å²) in [6.45, 7) is 2.66. The van der Waals surface area contributed by atoms with Crippen LogP contribution in [-0.4, -0.2) is 37.2 Å². The molecule has 0 saturated heterocycles. The Balaban J connectivity index is 1.81. The molecule has 0 atom stereocenters. The molecule has 0 fully saturated rings. The number of hydrogen-bond donors (Lipinski definition) is 1. The van der Waals surface area contributed by atoms with Gasteiger partial charge < -0.3 is 15.1 Å². The third-order valence-corrected chi connectivity index (χ3v) is 4.94. The first-order valence-corrected chi connectivity index (χ1v) is 9.78. The van der Waals surface area contributed by atoms with Crippen LogP contribution in [0, 0.1) is 0 Å². The standard InChI is InChI=1S/C23H27N3S/c1-25(2)17-9-16-24-23(27)26(21-13-4-3-5-14-21)18-20-12-8-11-19-10-6-7-15-22(19)20/h3-8,10-15H,9,16-18H2,1-2H3,(H,24,27). The van der Waals surface area contributed by atoms with Gasteiger partial charge in [0.1, 0.15) is 0 Å².